The Hall–Kier alpha value is -1.17. The van der Waals surface area contributed by atoms with Gasteiger partial charge in [0, 0.05) is 52.0 Å². The molecular weight excluding hydrogens is 266 g/mol. The zero-order chi connectivity index (χ0) is 15.1. The summed E-state index contributed by atoms with van der Waals surface area (Å²) in [5.41, 5.74) is -0.700. The zero-order valence-corrected chi connectivity index (χ0v) is 13.1. The Morgan fingerprint density at radius 2 is 2.19 bits per heavy atom. The largest absolute Gasteiger partial charge is 0.389 e. The number of aliphatic hydroxyl groups is 1. The van der Waals surface area contributed by atoms with Crippen LogP contribution < -0.4 is 10.2 Å². The molecule has 2 heterocycles. The van der Waals surface area contributed by atoms with E-state index in [0.29, 0.717) is 25.6 Å². The Morgan fingerprint density at radius 3 is 2.81 bits per heavy atom. The van der Waals surface area contributed by atoms with Gasteiger partial charge in [-0.3, -0.25) is 0 Å². The molecule has 118 valence electrons. The fourth-order valence-corrected chi connectivity index (χ4v) is 2.63. The summed E-state index contributed by atoms with van der Waals surface area (Å²) in [7, 11) is 1.66. The molecule has 2 rings (SSSR count). The third-order valence-corrected chi connectivity index (χ3v) is 4.08. The highest BCUT2D eigenvalue weighted by molar-refractivity contribution is 5.38. The van der Waals surface area contributed by atoms with Crippen LogP contribution in [-0.4, -0.2) is 55.1 Å². The summed E-state index contributed by atoms with van der Waals surface area (Å²) < 4.78 is 5.03. The lowest BCUT2D eigenvalue weighted by atomic mass is 10.00. The molecule has 5 nitrogen and oxygen atoms in total. The van der Waals surface area contributed by atoms with E-state index in [1.165, 1.54) is 0 Å². The Balaban J connectivity index is 1.72. The molecule has 0 radical (unpaired) electrons. The second kappa shape index (κ2) is 7.73. The van der Waals surface area contributed by atoms with Gasteiger partial charge in [-0.25, -0.2) is 4.98 Å². The lowest BCUT2D eigenvalue weighted by molar-refractivity contribution is 0.0221. The maximum absolute atomic E-state index is 10.2. The van der Waals surface area contributed by atoms with Gasteiger partial charge in [0.05, 0.1) is 5.60 Å². The van der Waals surface area contributed by atoms with Crippen LogP contribution in [0.1, 0.15) is 26.2 Å². The van der Waals surface area contributed by atoms with Gasteiger partial charge in [-0.2, -0.15) is 0 Å². The van der Waals surface area contributed by atoms with Crippen LogP contribution in [0, 0.1) is 0 Å². The zero-order valence-electron chi connectivity index (χ0n) is 13.1. The highest BCUT2D eigenvalue weighted by atomic mass is 16.5. The van der Waals surface area contributed by atoms with Crippen LogP contribution >= 0.6 is 0 Å². The van der Waals surface area contributed by atoms with Crippen molar-refractivity contribution in [3.8, 4) is 0 Å². The van der Waals surface area contributed by atoms with Crippen LogP contribution in [0.5, 0.6) is 0 Å². The van der Waals surface area contributed by atoms with Gasteiger partial charge in [0.25, 0.3) is 0 Å². The van der Waals surface area contributed by atoms with Gasteiger partial charge in [-0.05, 0) is 31.9 Å². The number of piperidine rings is 1. The minimum atomic E-state index is -0.700. The van der Waals surface area contributed by atoms with E-state index >= 15 is 0 Å². The number of anilines is 1. The van der Waals surface area contributed by atoms with E-state index < -0.39 is 5.60 Å². The first-order chi connectivity index (χ1) is 10.1. The minimum absolute atomic E-state index is 0.471. The molecule has 0 bridgehead atoms. The Bertz CT molecular complexity index is 403. The van der Waals surface area contributed by atoms with Crippen molar-refractivity contribution in [2.75, 3.05) is 38.3 Å². The van der Waals surface area contributed by atoms with Gasteiger partial charge >= 0.3 is 0 Å². The van der Waals surface area contributed by atoms with Crippen LogP contribution in [0.15, 0.2) is 24.4 Å². The molecule has 0 amide bonds. The summed E-state index contributed by atoms with van der Waals surface area (Å²) in [4.78, 5) is 6.72. The summed E-state index contributed by atoms with van der Waals surface area (Å²) in [5.74, 6) is 1.06. The van der Waals surface area contributed by atoms with E-state index in [4.69, 9.17) is 4.74 Å². The monoisotopic (exact) mass is 293 g/mol. The Morgan fingerprint density at radius 1 is 1.43 bits per heavy atom. The van der Waals surface area contributed by atoms with Crippen LogP contribution in [-0.2, 0) is 4.74 Å². The molecule has 21 heavy (non-hydrogen) atoms. The molecule has 1 aliphatic heterocycles. The third kappa shape index (κ3) is 5.26. The van der Waals surface area contributed by atoms with Gasteiger partial charge in [0.15, 0.2) is 0 Å². The lowest BCUT2D eigenvalue weighted by Gasteiger charge is -2.35. The molecular formula is C16H27N3O2. The molecule has 1 fully saturated rings. The number of hydrogen-bond acceptors (Lipinski definition) is 5. The van der Waals surface area contributed by atoms with Crippen molar-refractivity contribution in [3.05, 3.63) is 24.4 Å². The van der Waals surface area contributed by atoms with Crippen molar-refractivity contribution in [1.82, 2.24) is 10.3 Å². The van der Waals surface area contributed by atoms with E-state index in [0.717, 1.165) is 31.7 Å². The summed E-state index contributed by atoms with van der Waals surface area (Å²) in [6, 6.07) is 6.50. The standard InChI is InChI=1S/C16H27N3O2/c1-16(20,8-12-21-2)13-18-14-6-10-19(11-7-14)15-5-3-4-9-17-15/h3-5,9,14,18,20H,6-8,10-13H2,1-2H3. The number of nitrogens with zero attached hydrogens (tertiary/aromatic N) is 2. The van der Waals surface area contributed by atoms with Crippen LogP contribution in [0.3, 0.4) is 0 Å². The maximum Gasteiger partial charge on any atom is 0.128 e. The number of ether oxygens (including phenoxy) is 1. The summed E-state index contributed by atoms with van der Waals surface area (Å²) in [6.07, 6.45) is 4.66. The molecule has 1 saturated heterocycles. The maximum atomic E-state index is 10.2. The molecule has 1 aromatic heterocycles. The Kier molecular flexibility index (Phi) is 5.96. The number of rotatable bonds is 7. The van der Waals surface area contributed by atoms with E-state index in [9.17, 15) is 5.11 Å². The average molecular weight is 293 g/mol. The molecule has 0 spiro atoms. The van der Waals surface area contributed by atoms with Crippen molar-refractivity contribution in [3.63, 3.8) is 0 Å². The Labute approximate surface area is 127 Å². The van der Waals surface area contributed by atoms with E-state index in [2.05, 4.69) is 21.3 Å². The summed E-state index contributed by atoms with van der Waals surface area (Å²) >= 11 is 0. The highest BCUT2D eigenvalue weighted by Gasteiger charge is 2.24. The predicted octanol–water partition coefficient (Wildman–Crippen LogP) is 1.43. The normalized spacial score (nSPS) is 19.5. The molecule has 1 aromatic rings. The molecule has 0 saturated carbocycles. The fourth-order valence-electron chi connectivity index (χ4n) is 2.63. The number of nitrogens with one attached hydrogen (secondary N) is 1. The third-order valence-electron chi connectivity index (χ3n) is 4.08. The van der Waals surface area contributed by atoms with E-state index in [1.54, 1.807) is 7.11 Å². The first kappa shape index (κ1) is 16.2. The number of pyridine rings is 1. The predicted molar refractivity (Wildman–Crippen MR) is 84.6 cm³/mol. The van der Waals surface area contributed by atoms with Crippen LogP contribution in [0.25, 0.3) is 0 Å². The topological polar surface area (TPSA) is 57.6 Å². The number of hydrogen-bond donors (Lipinski definition) is 2. The first-order valence-corrected chi connectivity index (χ1v) is 7.71. The van der Waals surface area contributed by atoms with Crippen molar-refractivity contribution in [2.45, 2.75) is 37.8 Å². The molecule has 0 aromatic carbocycles. The fraction of sp³-hybridized carbons (Fsp3) is 0.688. The lowest BCUT2D eigenvalue weighted by Crippen LogP contribution is -2.48. The average Bonchev–Trinajstić information content (AvgIpc) is 2.53. The SMILES string of the molecule is COCCC(C)(O)CNC1CCN(c2ccccn2)CC1. The second-order valence-corrected chi connectivity index (χ2v) is 6.07. The summed E-state index contributed by atoms with van der Waals surface area (Å²) in [5, 5.41) is 13.7. The molecule has 1 aliphatic rings. The summed E-state index contributed by atoms with van der Waals surface area (Å²) in [6.45, 7) is 5.09. The smallest absolute Gasteiger partial charge is 0.128 e. The van der Waals surface area contributed by atoms with Crippen molar-refractivity contribution < 1.29 is 9.84 Å². The van der Waals surface area contributed by atoms with Crippen molar-refractivity contribution in [1.29, 1.82) is 0 Å². The minimum Gasteiger partial charge on any atom is -0.389 e. The van der Waals surface area contributed by atoms with E-state index in [1.807, 2.05) is 25.3 Å². The number of methoxy groups -OCH3 is 1. The highest BCUT2D eigenvalue weighted by Crippen LogP contribution is 2.18. The number of aromatic nitrogens is 1. The van der Waals surface area contributed by atoms with Gasteiger partial charge in [0.1, 0.15) is 5.82 Å². The quantitative estimate of drug-likeness (QED) is 0.796. The van der Waals surface area contributed by atoms with Gasteiger partial charge in [-0.15, -0.1) is 0 Å². The molecule has 2 N–H and O–H groups in total. The molecule has 0 aliphatic carbocycles. The molecule has 5 heteroatoms. The first-order valence-electron chi connectivity index (χ1n) is 7.71. The molecule has 1 atom stereocenters. The van der Waals surface area contributed by atoms with E-state index in [-0.39, 0.29) is 0 Å². The van der Waals surface area contributed by atoms with Crippen LogP contribution in [0.4, 0.5) is 5.82 Å². The molecule has 1 unspecified atom stereocenters. The van der Waals surface area contributed by atoms with Crippen LogP contribution in [0.2, 0.25) is 0 Å². The second-order valence-electron chi connectivity index (χ2n) is 6.07. The van der Waals surface area contributed by atoms with Gasteiger partial charge in [0.2, 0.25) is 0 Å². The van der Waals surface area contributed by atoms with Gasteiger partial charge in [-0.1, -0.05) is 6.07 Å². The van der Waals surface area contributed by atoms with Gasteiger partial charge < -0.3 is 20.1 Å². The van der Waals surface area contributed by atoms with Crippen molar-refractivity contribution >= 4 is 5.82 Å². The van der Waals surface area contributed by atoms with Crippen molar-refractivity contribution in [2.24, 2.45) is 0 Å².